The smallest absolute Gasteiger partial charge is 0.266 e. The van der Waals surface area contributed by atoms with Gasteiger partial charge in [0.05, 0.1) is 10.6 Å². The molecule has 0 amide bonds. The fourth-order valence-corrected chi connectivity index (χ4v) is 2.09. The van der Waals surface area contributed by atoms with Gasteiger partial charge in [-0.15, -0.1) is 11.3 Å². The molecule has 0 saturated carbocycles. The lowest BCUT2D eigenvalue weighted by atomic mass is 10.3. The van der Waals surface area contributed by atoms with Crippen molar-refractivity contribution in [2.75, 3.05) is 23.7 Å². The minimum absolute atomic E-state index is 0.487. The minimum Gasteiger partial charge on any atom is -0.390 e. The van der Waals surface area contributed by atoms with Crippen LogP contribution in [0.25, 0.3) is 11.5 Å². The lowest BCUT2D eigenvalue weighted by Gasteiger charge is -2.14. The van der Waals surface area contributed by atoms with Crippen LogP contribution in [0.2, 0.25) is 0 Å². The molecule has 2 aromatic heterocycles. The van der Waals surface area contributed by atoms with Gasteiger partial charge in [0.2, 0.25) is 0 Å². The Balaban J connectivity index is 2.29. The van der Waals surface area contributed by atoms with Crippen molar-refractivity contribution in [2.24, 2.45) is 0 Å². The highest BCUT2D eigenvalue weighted by Crippen LogP contribution is 2.30. The molecule has 2 aromatic rings. The van der Waals surface area contributed by atoms with E-state index >= 15 is 0 Å². The predicted molar refractivity (Wildman–Crippen MR) is 65.6 cm³/mol. The van der Waals surface area contributed by atoms with Gasteiger partial charge in [-0.25, -0.2) is 0 Å². The molecule has 0 spiro atoms. The van der Waals surface area contributed by atoms with E-state index < -0.39 is 0 Å². The third-order valence-electron chi connectivity index (χ3n) is 2.39. The minimum atomic E-state index is 0.487. The molecular formula is C10H14N4OS. The highest BCUT2D eigenvalue weighted by Gasteiger charge is 2.15. The van der Waals surface area contributed by atoms with Gasteiger partial charge in [0, 0.05) is 13.1 Å². The van der Waals surface area contributed by atoms with Crippen LogP contribution in [0.5, 0.6) is 0 Å². The molecule has 0 aliphatic carbocycles. The fourth-order valence-electron chi connectivity index (χ4n) is 1.46. The normalized spacial score (nSPS) is 10.6. The summed E-state index contributed by atoms with van der Waals surface area (Å²) in [6.07, 6.45) is 0. The maximum absolute atomic E-state index is 5.80. The zero-order valence-electron chi connectivity index (χ0n) is 9.30. The molecule has 0 aliphatic heterocycles. The number of nitrogens with zero attached hydrogens (tertiary/aromatic N) is 3. The van der Waals surface area contributed by atoms with E-state index in [1.165, 1.54) is 11.3 Å². The fraction of sp³-hybridized carbons (Fsp3) is 0.400. The van der Waals surface area contributed by atoms with E-state index in [1.54, 1.807) is 0 Å². The van der Waals surface area contributed by atoms with Crippen LogP contribution in [-0.2, 0) is 0 Å². The van der Waals surface area contributed by atoms with Gasteiger partial charge in [-0.3, -0.25) is 0 Å². The van der Waals surface area contributed by atoms with Crippen LogP contribution in [0.15, 0.2) is 16.0 Å². The maximum atomic E-state index is 5.80. The lowest BCUT2D eigenvalue weighted by molar-refractivity contribution is 0.430. The van der Waals surface area contributed by atoms with E-state index in [-0.39, 0.29) is 0 Å². The van der Waals surface area contributed by atoms with Crippen molar-refractivity contribution in [3.63, 3.8) is 0 Å². The zero-order chi connectivity index (χ0) is 11.5. The third-order valence-corrected chi connectivity index (χ3v) is 3.13. The van der Waals surface area contributed by atoms with Crippen LogP contribution in [0.1, 0.15) is 13.8 Å². The summed E-state index contributed by atoms with van der Waals surface area (Å²) in [5, 5.41) is 6.56. The lowest BCUT2D eigenvalue weighted by Crippen LogP contribution is -2.22. The highest BCUT2D eigenvalue weighted by molar-refractivity contribution is 7.14. The molecule has 0 fully saturated rings. The molecule has 0 aliphatic rings. The molecule has 0 aromatic carbocycles. The van der Waals surface area contributed by atoms with Gasteiger partial charge in [0.25, 0.3) is 11.8 Å². The van der Waals surface area contributed by atoms with Crippen molar-refractivity contribution in [2.45, 2.75) is 13.8 Å². The van der Waals surface area contributed by atoms with Crippen molar-refractivity contribution in [3.05, 3.63) is 11.4 Å². The van der Waals surface area contributed by atoms with Gasteiger partial charge in [-0.2, -0.15) is 4.98 Å². The summed E-state index contributed by atoms with van der Waals surface area (Å²) in [5.41, 5.74) is 6.62. The van der Waals surface area contributed by atoms with E-state index in [0.29, 0.717) is 16.8 Å². The second-order valence-corrected chi connectivity index (χ2v) is 4.22. The van der Waals surface area contributed by atoms with Crippen LogP contribution in [0.3, 0.4) is 0 Å². The number of hydrogen-bond acceptors (Lipinski definition) is 6. The molecule has 86 valence electrons. The molecular weight excluding hydrogens is 224 g/mol. The molecule has 0 bridgehead atoms. The van der Waals surface area contributed by atoms with E-state index in [4.69, 9.17) is 10.3 Å². The zero-order valence-corrected chi connectivity index (χ0v) is 10.1. The van der Waals surface area contributed by atoms with Crippen LogP contribution in [0, 0.1) is 0 Å². The third kappa shape index (κ3) is 1.88. The molecule has 0 unspecified atom stereocenters. The van der Waals surface area contributed by atoms with Gasteiger partial charge >= 0.3 is 0 Å². The topological polar surface area (TPSA) is 68.2 Å². The number of rotatable bonds is 4. The van der Waals surface area contributed by atoms with Crippen molar-refractivity contribution in [1.82, 2.24) is 10.1 Å². The molecule has 2 heterocycles. The van der Waals surface area contributed by atoms with E-state index in [1.807, 2.05) is 16.3 Å². The number of anilines is 2. The first kappa shape index (κ1) is 10.9. The standard InChI is InChI=1S/C10H14N4OS/c1-3-14(4-2)10-12-9(15-13-10)7-5-6-16-8(7)11/h5-6H,3-4,11H2,1-2H3. The van der Waals surface area contributed by atoms with Gasteiger partial charge in [0.1, 0.15) is 0 Å². The molecule has 2 rings (SSSR count). The van der Waals surface area contributed by atoms with Gasteiger partial charge in [-0.1, -0.05) is 0 Å². The van der Waals surface area contributed by atoms with Crippen LogP contribution < -0.4 is 10.6 Å². The van der Waals surface area contributed by atoms with Gasteiger partial charge < -0.3 is 15.2 Å². The summed E-state index contributed by atoms with van der Waals surface area (Å²) < 4.78 is 5.20. The summed E-state index contributed by atoms with van der Waals surface area (Å²) in [4.78, 5) is 6.35. The Morgan fingerprint density at radius 3 is 2.75 bits per heavy atom. The Bertz CT molecular complexity index is 461. The molecule has 16 heavy (non-hydrogen) atoms. The van der Waals surface area contributed by atoms with Crippen LogP contribution in [0.4, 0.5) is 10.9 Å². The molecule has 0 saturated heterocycles. The van der Waals surface area contributed by atoms with Gasteiger partial charge in [-0.05, 0) is 30.5 Å². The summed E-state index contributed by atoms with van der Waals surface area (Å²) in [6, 6.07) is 1.89. The monoisotopic (exact) mass is 238 g/mol. The van der Waals surface area contributed by atoms with Crippen molar-refractivity contribution in [1.29, 1.82) is 0 Å². The first-order chi connectivity index (χ1) is 7.76. The Morgan fingerprint density at radius 1 is 1.44 bits per heavy atom. The van der Waals surface area contributed by atoms with Crippen molar-refractivity contribution >= 4 is 22.3 Å². The van der Waals surface area contributed by atoms with E-state index in [2.05, 4.69) is 24.0 Å². The Hall–Kier alpha value is -1.56. The molecule has 5 nitrogen and oxygen atoms in total. The molecule has 2 N–H and O–H groups in total. The Kier molecular flexibility index (Phi) is 3.09. The predicted octanol–water partition coefficient (Wildman–Crippen LogP) is 2.23. The first-order valence-electron chi connectivity index (χ1n) is 5.18. The first-order valence-corrected chi connectivity index (χ1v) is 6.06. The van der Waals surface area contributed by atoms with Crippen LogP contribution in [-0.4, -0.2) is 23.2 Å². The largest absolute Gasteiger partial charge is 0.390 e. The average Bonchev–Trinajstić information content (AvgIpc) is 2.89. The summed E-state index contributed by atoms with van der Waals surface area (Å²) in [5.74, 6) is 1.10. The SMILES string of the molecule is CCN(CC)c1noc(-c2ccsc2N)n1. The number of nitrogen functional groups attached to an aromatic ring is 1. The number of thiophene rings is 1. The average molecular weight is 238 g/mol. The van der Waals surface area contributed by atoms with Gasteiger partial charge in [0.15, 0.2) is 0 Å². The number of aromatic nitrogens is 2. The number of nitrogens with two attached hydrogens (primary N) is 1. The Labute approximate surface area is 97.9 Å². The second-order valence-electron chi connectivity index (χ2n) is 3.27. The van der Waals surface area contributed by atoms with E-state index in [9.17, 15) is 0 Å². The molecule has 0 atom stereocenters. The maximum Gasteiger partial charge on any atom is 0.266 e. The van der Waals surface area contributed by atoms with E-state index in [0.717, 1.165) is 18.7 Å². The summed E-state index contributed by atoms with van der Waals surface area (Å²) in [6.45, 7) is 5.82. The summed E-state index contributed by atoms with van der Waals surface area (Å²) in [7, 11) is 0. The Morgan fingerprint density at radius 2 is 2.19 bits per heavy atom. The second kappa shape index (κ2) is 4.52. The number of hydrogen-bond donors (Lipinski definition) is 1. The quantitative estimate of drug-likeness (QED) is 0.884. The molecule has 6 heteroatoms. The molecule has 0 radical (unpaired) electrons. The summed E-state index contributed by atoms with van der Waals surface area (Å²) >= 11 is 1.46. The highest BCUT2D eigenvalue weighted by atomic mass is 32.1. The van der Waals surface area contributed by atoms with Crippen molar-refractivity contribution in [3.8, 4) is 11.5 Å². The van der Waals surface area contributed by atoms with Crippen molar-refractivity contribution < 1.29 is 4.52 Å². The van der Waals surface area contributed by atoms with Crippen LogP contribution >= 0.6 is 11.3 Å².